The van der Waals surface area contributed by atoms with Gasteiger partial charge in [0.1, 0.15) is 5.82 Å². The quantitative estimate of drug-likeness (QED) is 0.773. The molecule has 2 amide bonds. The van der Waals surface area contributed by atoms with Gasteiger partial charge in [-0.2, -0.15) is 0 Å². The Kier molecular flexibility index (Phi) is 6.04. The van der Waals surface area contributed by atoms with E-state index in [-0.39, 0.29) is 17.6 Å². The average molecular weight is 395 g/mol. The van der Waals surface area contributed by atoms with Gasteiger partial charge in [0, 0.05) is 38.8 Å². The molecule has 0 atom stereocenters. The molecule has 26 heavy (non-hydrogen) atoms. The molecule has 0 radical (unpaired) electrons. The van der Waals surface area contributed by atoms with Gasteiger partial charge in [-0.15, -0.1) is 10.2 Å². The highest BCUT2D eigenvalue weighted by atomic mass is 32.2. The molecule has 1 N–H and O–H groups in total. The van der Waals surface area contributed by atoms with E-state index in [4.69, 9.17) is 0 Å². The van der Waals surface area contributed by atoms with Crippen LogP contribution in [0.25, 0.3) is 0 Å². The monoisotopic (exact) mass is 395 g/mol. The number of benzene rings is 1. The van der Waals surface area contributed by atoms with E-state index < -0.39 is 0 Å². The first kappa shape index (κ1) is 18.6. The lowest BCUT2D eigenvalue weighted by Crippen LogP contribution is -2.48. The number of nitrogens with one attached hydrogen (secondary N) is 1. The molecule has 10 heteroatoms. The third-order valence-corrected chi connectivity index (χ3v) is 6.05. The molecule has 0 spiro atoms. The van der Waals surface area contributed by atoms with Crippen LogP contribution in [0.3, 0.4) is 0 Å². The summed E-state index contributed by atoms with van der Waals surface area (Å²) in [5, 5.41) is 11.6. The summed E-state index contributed by atoms with van der Waals surface area (Å²) >= 11 is 2.79. The van der Waals surface area contributed by atoms with Gasteiger partial charge in [-0.05, 0) is 24.3 Å². The molecule has 0 unspecified atom stereocenters. The number of hydrogen-bond acceptors (Lipinski definition) is 7. The number of halogens is 1. The van der Waals surface area contributed by atoms with Crippen LogP contribution in [0.1, 0.15) is 10.4 Å². The van der Waals surface area contributed by atoms with Crippen molar-refractivity contribution in [2.24, 2.45) is 0 Å². The minimum absolute atomic E-state index is 0.0559. The second kappa shape index (κ2) is 8.45. The van der Waals surface area contributed by atoms with Crippen LogP contribution < -0.4 is 10.2 Å². The third-order valence-electron chi connectivity index (χ3n) is 3.93. The topological polar surface area (TPSA) is 78.4 Å². The van der Waals surface area contributed by atoms with E-state index in [2.05, 4.69) is 20.4 Å². The Morgan fingerprint density at radius 3 is 2.54 bits per heavy atom. The van der Waals surface area contributed by atoms with Crippen molar-refractivity contribution < 1.29 is 14.0 Å². The van der Waals surface area contributed by atoms with E-state index in [1.807, 2.05) is 0 Å². The van der Waals surface area contributed by atoms with Crippen molar-refractivity contribution in [3.8, 4) is 0 Å². The van der Waals surface area contributed by atoms with Gasteiger partial charge in [0.15, 0.2) is 4.34 Å². The molecule has 1 aliphatic heterocycles. The van der Waals surface area contributed by atoms with Crippen LogP contribution in [-0.4, -0.2) is 65.9 Å². The minimum Gasteiger partial charge on any atom is -0.358 e. The first-order valence-electron chi connectivity index (χ1n) is 8.03. The summed E-state index contributed by atoms with van der Waals surface area (Å²) in [6.45, 7) is 2.44. The lowest BCUT2D eigenvalue weighted by atomic mass is 10.2. The van der Waals surface area contributed by atoms with Crippen LogP contribution in [0, 0.1) is 5.82 Å². The van der Waals surface area contributed by atoms with Gasteiger partial charge in [0.2, 0.25) is 11.0 Å². The number of piperazine rings is 1. The van der Waals surface area contributed by atoms with Gasteiger partial charge in [0.25, 0.3) is 5.91 Å². The van der Waals surface area contributed by atoms with Crippen molar-refractivity contribution in [3.05, 3.63) is 35.6 Å². The molecule has 1 aromatic heterocycles. The van der Waals surface area contributed by atoms with Crippen molar-refractivity contribution in [1.82, 2.24) is 20.4 Å². The van der Waals surface area contributed by atoms with Gasteiger partial charge >= 0.3 is 0 Å². The zero-order valence-corrected chi connectivity index (χ0v) is 15.8. The number of carbonyl (C=O) groups excluding carboxylic acids is 2. The van der Waals surface area contributed by atoms with Crippen molar-refractivity contribution in [1.29, 1.82) is 0 Å². The maximum atomic E-state index is 13.0. The maximum absolute atomic E-state index is 13.0. The standard InChI is InChI=1S/C16H18FN5O2S2/c1-18-13(23)10-25-16-20-19-15(26-16)22-8-6-21(7-9-22)14(24)11-2-4-12(17)5-3-11/h2-5H,6-10H2,1H3,(H,18,23). The minimum atomic E-state index is -0.354. The Morgan fingerprint density at radius 2 is 1.88 bits per heavy atom. The van der Waals surface area contributed by atoms with E-state index in [9.17, 15) is 14.0 Å². The second-order valence-electron chi connectivity index (χ2n) is 5.60. The number of nitrogens with zero attached hydrogens (tertiary/aromatic N) is 4. The smallest absolute Gasteiger partial charge is 0.253 e. The molecule has 3 rings (SSSR count). The first-order chi connectivity index (χ1) is 12.6. The highest BCUT2D eigenvalue weighted by Gasteiger charge is 2.24. The molecule has 7 nitrogen and oxygen atoms in total. The van der Waals surface area contributed by atoms with E-state index in [0.717, 1.165) is 9.47 Å². The molecule has 1 aliphatic rings. The van der Waals surface area contributed by atoms with E-state index >= 15 is 0 Å². The van der Waals surface area contributed by atoms with Crippen molar-refractivity contribution >= 4 is 40.0 Å². The predicted molar refractivity (Wildman–Crippen MR) is 99.2 cm³/mol. The lowest BCUT2D eigenvalue weighted by Gasteiger charge is -2.34. The highest BCUT2D eigenvalue weighted by Crippen LogP contribution is 2.28. The van der Waals surface area contributed by atoms with Crippen LogP contribution >= 0.6 is 23.1 Å². The van der Waals surface area contributed by atoms with Gasteiger partial charge in [0.05, 0.1) is 5.75 Å². The number of anilines is 1. The van der Waals surface area contributed by atoms with Crippen LogP contribution in [0.5, 0.6) is 0 Å². The molecule has 1 saturated heterocycles. The zero-order valence-electron chi connectivity index (χ0n) is 14.1. The summed E-state index contributed by atoms with van der Waals surface area (Å²) in [5.41, 5.74) is 0.489. The van der Waals surface area contributed by atoms with E-state index in [0.29, 0.717) is 37.5 Å². The summed E-state index contributed by atoms with van der Waals surface area (Å²) in [7, 11) is 1.60. The number of rotatable bonds is 5. The van der Waals surface area contributed by atoms with Gasteiger partial charge in [-0.25, -0.2) is 4.39 Å². The lowest BCUT2D eigenvalue weighted by molar-refractivity contribution is -0.118. The highest BCUT2D eigenvalue weighted by molar-refractivity contribution is 8.01. The predicted octanol–water partition coefficient (Wildman–Crippen LogP) is 1.48. The average Bonchev–Trinajstić information content (AvgIpc) is 3.15. The number of amides is 2. The van der Waals surface area contributed by atoms with E-state index in [1.54, 1.807) is 11.9 Å². The molecular formula is C16H18FN5O2S2. The van der Waals surface area contributed by atoms with Gasteiger partial charge < -0.3 is 15.1 Å². The fraction of sp³-hybridized carbons (Fsp3) is 0.375. The Labute approximate surface area is 158 Å². The molecular weight excluding hydrogens is 377 g/mol. The molecule has 2 heterocycles. The summed E-state index contributed by atoms with van der Waals surface area (Å²) in [6.07, 6.45) is 0. The largest absolute Gasteiger partial charge is 0.358 e. The zero-order chi connectivity index (χ0) is 18.5. The molecule has 0 aliphatic carbocycles. The van der Waals surface area contributed by atoms with Crippen LogP contribution in [0.2, 0.25) is 0 Å². The van der Waals surface area contributed by atoms with Gasteiger partial charge in [-0.1, -0.05) is 23.1 Å². The number of hydrogen-bond donors (Lipinski definition) is 1. The van der Waals surface area contributed by atoms with Crippen molar-refractivity contribution in [2.75, 3.05) is 43.9 Å². The summed E-state index contributed by atoms with van der Waals surface area (Å²) in [5.74, 6) is -0.193. The third kappa shape index (κ3) is 4.50. The SMILES string of the molecule is CNC(=O)CSc1nnc(N2CCN(C(=O)c3ccc(F)cc3)CC2)s1. The molecule has 0 bridgehead atoms. The van der Waals surface area contributed by atoms with Crippen molar-refractivity contribution in [2.45, 2.75) is 4.34 Å². The van der Waals surface area contributed by atoms with Crippen LogP contribution in [-0.2, 0) is 4.79 Å². The van der Waals surface area contributed by atoms with Crippen LogP contribution in [0.15, 0.2) is 28.6 Å². The first-order valence-corrected chi connectivity index (χ1v) is 9.83. The molecule has 0 saturated carbocycles. The summed E-state index contributed by atoms with van der Waals surface area (Å²) < 4.78 is 13.7. The molecule has 2 aromatic rings. The molecule has 138 valence electrons. The van der Waals surface area contributed by atoms with E-state index in [1.165, 1.54) is 47.4 Å². The maximum Gasteiger partial charge on any atom is 0.253 e. The Balaban J connectivity index is 1.53. The number of aromatic nitrogens is 2. The fourth-order valence-corrected chi connectivity index (χ4v) is 4.23. The van der Waals surface area contributed by atoms with Crippen molar-refractivity contribution in [3.63, 3.8) is 0 Å². The Morgan fingerprint density at radius 1 is 1.19 bits per heavy atom. The normalized spacial score (nSPS) is 14.4. The fourth-order valence-electron chi connectivity index (χ4n) is 2.46. The summed E-state index contributed by atoms with van der Waals surface area (Å²) in [4.78, 5) is 27.6. The second-order valence-corrected chi connectivity index (χ2v) is 7.78. The Bertz CT molecular complexity index is 775. The number of thioether (sulfide) groups is 1. The molecule has 1 aromatic carbocycles. The molecule has 1 fully saturated rings. The van der Waals surface area contributed by atoms with Crippen LogP contribution in [0.4, 0.5) is 9.52 Å². The number of carbonyl (C=O) groups is 2. The summed E-state index contributed by atoms with van der Waals surface area (Å²) in [6, 6.07) is 5.60. The van der Waals surface area contributed by atoms with Gasteiger partial charge in [-0.3, -0.25) is 9.59 Å². The Hall–Kier alpha value is -2.20.